The van der Waals surface area contributed by atoms with Crippen molar-refractivity contribution in [3.8, 4) is 0 Å². The van der Waals surface area contributed by atoms with Gasteiger partial charge in [-0.2, -0.15) is 0 Å². The van der Waals surface area contributed by atoms with Crippen LogP contribution in [-0.4, -0.2) is 15.3 Å². The van der Waals surface area contributed by atoms with Gasteiger partial charge in [-0.05, 0) is 32.0 Å². The van der Waals surface area contributed by atoms with Crippen LogP contribution in [0.2, 0.25) is 0 Å². The van der Waals surface area contributed by atoms with Gasteiger partial charge in [-0.3, -0.25) is 4.79 Å². The van der Waals surface area contributed by atoms with Gasteiger partial charge in [0.2, 0.25) is 0 Å². The third-order valence-electron chi connectivity index (χ3n) is 3.06. The molecular weight excluding hydrogens is 212 g/mol. The molecule has 1 aromatic heterocycles. The highest BCUT2D eigenvalue weighted by molar-refractivity contribution is 6.00. The van der Waals surface area contributed by atoms with E-state index in [9.17, 15) is 4.79 Å². The average Bonchev–Trinajstić information content (AvgIpc) is 2.61. The van der Waals surface area contributed by atoms with Crippen LogP contribution in [0.15, 0.2) is 18.2 Å². The van der Waals surface area contributed by atoms with Crippen LogP contribution in [0.4, 0.5) is 0 Å². The summed E-state index contributed by atoms with van der Waals surface area (Å²) >= 11 is 0. The predicted octanol–water partition coefficient (Wildman–Crippen LogP) is 3.20. The molecule has 2 rings (SSSR count). The molecule has 0 bridgehead atoms. The van der Waals surface area contributed by atoms with E-state index in [1.54, 1.807) is 0 Å². The summed E-state index contributed by atoms with van der Waals surface area (Å²) in [5.41, 5.74) is 2.77. The molecule has 0 amide bonds. The first kappa shape index (κ1) is 11.8. The van der Waals surface area contributed by atoms with Crippen molar-refractivity contribution >= 4 is 16.8 Å². The molecule has 0 aliphatic carbocycles. The van der Waals surface area contributed by atoms with Crippen molar-refractivity contribution < 1.29 is 4.79 Å². The van der Waals surface area contributed by atoms with Gasteiger partial charge in [-0.15, -0.1) is 0 Å². The van der Waals surface area contributed by atoms with Crippen LogP contribution in [0, 0.1) is 12.8 Å². The molecule has 0 N–H and O–H groups in total. The van der Waals surface area contributed by atoms with Crippen LogP contribution in [0.5, 0.6) is 0 Å². The number of carbonyl (C=O) groups is 1. The van der Waals surface area contributed by atoms with E-state index >= 15 is 0 Å². The van der Waals surface area contributed by atoms with E-state index in [-0.39, 0.29) is 11.7 Å². The molecule has 3 heteroatoms. The summed E-state index contributed by atoms with van der Waals surface area (Å²) in [6.07, 6.45) is 0. The third-order valence-corrected chi connectivity index (χ3v) is 3.06. The molecule has 0 aliphatic rings. The number of aryl methyl sites for hydroxylation is 2. The lowest BCUT2D eigenvalue weighted by Gasteiger charge is -2.05. The second-order valence-corrected chi connectivity index (χ2v) is 4.63. The summed E-state index contributed by atoms with van der Waals surface area (Å²) in [5, 5.41) is 0. The molecule has 0 spiro atoms. The molecule has 1 heterocycles. The van der Waals surface area contributed by atoms with Crippen molar-refractivity contribution in [2.75, 3.05) is 0 Å². The van der Waals surface area contributed by atoms with Crippen molar-refractivity contribution in [1.29, 1.82) is 0 Å². The van der Waals surface area contributed by atoms with Crippen molar-refractivity contribution in [3.63, 3.8) is 0 Å². The van der Waals surface area contributed by atoms with Gasteiger partial charge >= 0.3 is 0 Å². The SMILES string of the molecule is CCn1c(C)nc2cc(C(=O)C(C)C)ccc21. The lowest BCUT2D eigenvalue weighted by atomic mass is 10.0. The molecule has 0 fully saturated rings. The van der Waals surface area contributed by atoms with Gasteiger partial charge in [0.05, 0.1) is 11.0 Å². The molecule has 3 nitrogen and oxygen atoms in total. The smallest absolute Gasteiger partial charge is 0.165 e. The average molecular weight is 230 g/mol. The summed E-state index contributed by atoms with van der Waals surface area (Å²) in [6, 6.07) is 5.79. The monoisotopic (exact) mass is 230 g/mol. The first-order valence-electron chi connectivity index (χ1n) is 6.05. The van der Waals surface area contributed by atoms with E-state index in [4.69, 9.17) is 0 Å². The topological polar surface area (TPSA) is 34.9 Å². The Labute approximate surface area is 101 Å². The van der Waals surface area contributed by atoms with E-state index in [2.05, 4.69) is 16.5 Å². The van der Waals surface area contributed by atoms with E-state index in [1.165, 1.54) is 0 Å². The molecule has 0 atom stereocenters. The van der Waals surface area contributed by atoms with Crippen molar-refractivity contribution in [2.45, 2.75) is 34.2 Å². The van der Waals surface area contributed by atoms with Gasteiger partial charge < -0.3 is 4.57 Å². The number of rotatable bonds is 3. The lowest BCUT2D eigenvalue weighted by Crippen LogP contribution is -2.07. The van der Waals surface area contributed by atoms with E-state index in [0.29, 0.717) is 0 Å². The van der Waals surface area contributed by atoms with Crippen LogP contribution < -0.4 is 0 Å². The number of nitrogens with zero attached hydrogens (tertiary/aromatic N) is 2. The third kappa shape index (κ3) is 1.97. The fourth-order valence-corrected chi connectivity index (χ4v) is 2.14. The quantitative estimate of drug-likeness (QED) is 0.759. The Morgan fingerprint density at radius 1 is 1.41 bits per heavy atom. The second-order valence-electron chi connectivity index (χ2n) is 4.63. The maximum Gasteiger partial charge on any atom is 0.165 e. The molecule has 1 aromatic carbocycles. The Bertz CT molecular complexity index is 567. The summed E-state index contributed by atoms with van der Waals surface area (Å²) < 4.78 is 2.15. The van der Waals surface area contributed by atoms with E-state index < -0.39 is 0 Å². The number of ketones is 1. The van der Waals surface area contributed by atoms with Gasteiger partial charge in [0, 0.05) is 18.0 Å². The highest BCUT2D eigenvalue weighted by Crippen LogP contribution is 2.19. The Morgan fingerprint density at radius 3 is 2.71 bits per heavy atom. The van der Waals surface area contributed by atoms with Gasteiger partial charge in [0.25, 0.3) is 0 Å². The molecule has 17 heavy (non-hydrogen) atoms. The number of hydrogen-bond donors (Lipinski definition) is 0. The summed E-state index contributed by atoms with van der Waals surface area (Å²) in [7, 11) is 0. The number of fused-ring (bicyclic) bond motifs is 1. The highest BCUT2D eigenvalue weighted by Gasteiger charge is 2.13. The Hall–Kier alpha value is -1.64. The van der Waals surface area contributed by atoms with Gasteiger partial charge in [-0.1, -0.05) is 13.8 Å². The largest absolute Gasteiger partial charge is 0.329 e. The normalized spacial score (nSPS) is 11.4. The minimum absolute atomic E-state index is 0.0295. The Balaban J connectivity index is 2.56. The zero-order valence-corrected chi connectivity index (χ0v) is 10.8. The van der Waals surface area contributed by atoms with E-state index in [1.807, 2.05) is 39.0 Å². The number of imidazole rings is 1. The molecule has 0 aliphatic heterocycles. The highest BCUT2D eigenvalue weighted by atomic mass is 16.1. The number of aromatic nitrogens is 2. The second kappa shape index (κ2) is 4.32. The zero-order chi connectivity index (χ0) is 12.6. The van der Waals surface area contributed by atoms with Gasteiger partial charge in [-0.25, -0.2) is 4.98 Å². The van der Waals surface area contributed by atoms with E-state index in [0.717, 1.165) is 29.0 Å². The zero-order valence-electron chi connectivity index (χ0n) is 10.8. The Morgan fingerprint density at radius 2 is 2.12 bits per heavy atom. The number of Topliss-reactive ketones (excluding diaryl/α,β-unsaturated/α-hetero) is 1. The number of benzene rings is 1. The number of carbonyl (C=O) groups excluding carboxylic acids is 1. The summed E-state index contributed by atoms with van der Waals surface area (Å²) in [4.78, 5) is 16.4. The first-order valence-corrected chi connectivity index (χ1v) is 6.05. The molecule has 2 aromatic rings. The van der Waals surface area contributed by atoms with Crippen LogP contribution in [0.1, 0.15) is 37.0 Å². The minimum atomic E-state index is 0.0295. The van der Waals surface area contributed by atoms with Crippen molar-refractivity contribution in [3.05, 3.63) is 29.6 Å². The molecule has 90 valence electrons. The maximum absolute atomic E-state index is 11.9. The van der Waals surface area contributed by atoms with Crippen molar-refractivity contribution in [1.82, 2.24) is 9.55 Å². The predicted molar refractivity (Wildman–Crippen MR) is 69.3 cm³/mol. The lowest BCUT2D eigenvalue weighted by molar-refractivity contribution is 0.0939. The fraction of sp³-hybridized carbons (Fsp3) is 0.429. The molecule has 0 radical (unpaired) electrons. The minimum Gasteiger partial charge on any atom is -0.329 e. The summed E-state index contributed by atoms with van der Waals surface area (Å²) in [6.45, 7) is 8.83. The van der Waals surface area contributed by atoms with Crippen LogP contribution in [0.25, 0.3) is 11.0 Å². The van der Waals surface area contributed by atoms with Crippen LogP contribution in [-0.2, 0) is 6.54 Å². The van der Waals surface area contributed by atoms with Crippen molar-refractivity contribution in [2.24, 2.45) is 5.92 Å². The van der Waals surface area contributed by atoms with Gasteiger partial charge in [0.15, 0.2) is 5.78 Å². The van der Waals surface area contributed by atoms with Gasteiger partial charge in [0.1, 0.15) is 5.82 Å². The Kier molecular flexibility index (Phi) is 3.01. The first-order chi connectivity index (χ1) is 8.04. The van der Waals surface area contributed by atoms with Crippen LogP contribution >= 0.6 is 0 Å². The molecule has 0 saturated carbocycles. The van der Waals surface area contributed by atoms with Crippen LogP contribution in [0.3, 0.4) is 0 Å². The maximum atomic E-state index is 11.9. The fourth-order valence-electron chi connectivity index (χ4n) is 2.14. The molecule has 0 unspecified atom stereocenters. The molecule has 0 saturated heterocycles. The standard InChI is InChI=1S/C14H18N2O/c1-5-16-10(4)15-12-8-11(6-7-13(12)16)14(17)9(2)3/h6-9H,5H2,1-4H3. The summed E-state index contributed by atoms with van der Waals surface area (Å²) in [5.74, 6) is 1.20. The number of hydrogen-bond acceptors (Lipinski definition) is 2. The molecular formula is C14H18N2O.